The van der Waals surface area contributed by atoms with Gasteiger partial charge >= 0.3 is 5.97 Å². The molecule has 0 aliphatic heterocycles. The lowest BCUT2D eigenvalue weighted by Gasteiger charge is -2.12. The number of aliphatic carboxylic acids is 1. The number of carbonyl (C=O) groups is 1. The van der Waals surface area contributed by atoms with Crippen LogP contribution in [0.3, 0.4) is 0 Å². The van der Waals surface area contributed by atoms with E-state index in [0.29, 0.717) is 5.69 Å². The number of carboxylic acids is 1. The molecule has 4 heteroatoms. The summed E-state index contributed by atoms with van der Waals surface area (Å²) in [6.07, 6.45) is 5.19. The number of aromatic nitrogens is 2. The Balaban J connectivity index is 2.40. The zero-order valence-electron chi connectivity index (χ0n) is 7.42. The zero-order chi connectivity index (χ0) is 9.97. The van der Waals surface area contributed by atoms with E-state index in [1.54, 1.807) is 47.4 Å². The van der Waals surface area contributed by atoms with Crippen molar-refractivity contribution in [3.05, 3.63) is 48.5 Å². The lowest BCUT2D eigenvalue weighted by Crippen LogP contribution is -2.19. The fraction of sp³-hybridized carbons (Fsp3) is 0.100. The molecule has 2 aromatic heterocycles. The van der Waals surface area contributed by atoms with E-state index >= 15 is 0 Å². The summed E-state index contributed by atoms with van der Waals surface area (Å²) >= 11 is 0. The van der Waals surface area contributed by atoms with Gasteiger partial charge in [-0.1, -0.05) is 0 Å². The highest BCUT2D eigenvalue weighted by Gasteiger charge is 2.21. The SMILES string of the molecule is O=C(O)[C@@H](c1ccc[nH]1)n1cccc1. The quantitative estimate of drug-likeness (QED) is 0.770. The second kappa shape index (κ2) is 3.41. The van der Waals surface area contributed by atoms with Gasteiger partial charge in [0.05, 0.1) is 0 Å². The molecular formula is C10H10N2O2. The zero-order valence-corrected chi connectivity index (χ0v) is 7.42. The van der Waals surface area contributed by atoms with E-state index in [0.717, 1.165) is 0 Å². The Kier molecular flexibility index (Phi) is 2.10. The molecule has 2 heterocycles. The molecule has 0 fully saturated rings. The fourth-order valence-electron chi connectivity index (χ4n) is 1.46. The molecule has 1 atom stereocenters. The van der Waals surface area contributed by atoms with Crippen LogP contribution in [0.1, 0.15) is 11.7 Å². The maximum atomic E-state index is 11.1. The first-order valence-corrected chi connectivity index (χ1v) is 4.27. The van der Waals surface area contributed by atoms with Crippen LogP contribution in [-0.2, 0) is 4.79 Å². The third-order valence-corrected chi connectivity index (χ3v) is 2.08. The normalized spacial score (nSPS) is 12.6. The van der Waals surface area contributed by atoms with Crippen LogP contribution in [-0.4, -0.2) is 20.6 Å². The monoisotopic (exact) mass is 190 g/mol. The average molecular weight is 190 g/mol. The van der Waals surface area contributed by atoms with Crippen molar-refractivity contribution in [2.75, 3.05) is 0 Å². The van der Waals surface area contributed by atoms with E-state index in [1.165, 1.54) is 0 Å². The van der Waals surface area contributed by atoms with Crippen molar-refractivity contribution >= 4 is 5.97 Å². The number of nitrogens with zero attached hydrogens (tertiary/aromatic N) is 1. The van der Waals surface area contributed by atoms with Crippen molar-refractivity contribution < 1.29 is 9.90 Å². The highest BCUT2D eigenvalue weighted by molar-refractivity contribution is 5.75. The molecule has 0 amide bonds. The average Bonchev–Trinajstić information content (AvgIpc) is 2.75. The van der Waals surface area contributed by atoms with Crippen molar-refractivity contribution in [3.8, 4) is 0 Å². The second-order valence-corrected chi connectivity index (χ2v) is 3.00. The summed E-state index contributed by atoms with van der Waals surface area (Å²) in [4.78, 5) is 14.0. The van der Waals surface area contributed by atoms with Crippen molar-refractivity contribution in [2.45, 2.75) is 6.04 Å². The molecule has 72 valence electrons. The van der Waals surface area contributed by atoms with E-state index in [4.69, 9.17) is 5.11 Å². The molecule has 0 unspecified atom stereocenters. The second-order valence-electron chi connectivity index (χ2n) is 3.00. The van der Waals surface area contributed by atoms with Crippen LogP contribution in [0.2, 0.25) is 0 Å². The number of hydrogen-bond donors (Lipinski definition) is 2. The summed E-state index contributed by atoms with van der Waals surface area (Å²) in [6, 6.07) is 6.49. The molecule has 0 aromatic carbocycles. The van der Waals surface area contributed by atoms with Crippen molar-refractivity contribution in [2.24, 2.45) is 0 Å². The molecule has 14 heavy (non-hydrogen) atoms. The van der Waals surface area contributed by atoms with Crippen LogP contribution in [0.4, 0.5) is 0 Å². The molecular weight excluding hydrogens is 180 g/mol. The molecule has 2 N–H and O–H groups in total. The van der Waals surface area contributed by atoms with E-state index in [9.17, 15) is 4.79 Å². The van der Waals surface area contributed by atoms with Gasteiger partial charge in [0.25, 0.3) is 0 Å². The van der Waals surface area contributed by atoms with Crippen molar-refractivity contribution in [1.82, 2.24) is 9.55 Å². The lowest BCUT2D eigenvalue weighted by molar-refractivity contribution is -0.139. The van der Waals surface area contributed by atoms with Gasteiger partial charge in [0.15, 0.2) is 6.04 Å². The number of carboxylic acid groups (broad SMARTS) is 1. The molecule has 0 saturated heterocycles. The lowest BCUT2D eigenvalue weighted by atomic mass is 10.2. The maximum Gasteiger partial charge on any atom is 0.332 e. The number of hydrogen-bond acceptors (Lipinski definition) is 1. The molecule has 0 radical (unpaired) electrons. The van der Waals surface area contributed by atoms with E-state index in [1.807, 2.05) is 0 Å². The van der Waals surface area contributed by atoms with Gasteiger partial charge in [-0.25, -0.2) is 4.79 Å². The van der Waals surface area contributed by atoms with Crippen molar-refractivity contribution in [3.63, 3.8) is 0 Å². The predicted octanol–water partition coefficient (Wildman–Crippen LogP) is 1.49. The van der Waals surface area contributed by atoms with Crippen LogP contribution in [0.15, 0.2) is 42.9 Å². The van der Waals surface area contributed by atoms with Crippen LogP contribution < -0.4 is 0 Å². The summed E-state index contributed by atoms with van der Waals surface area (Å²) in [6.45, 7) is 0. The van der Waals surface area contributed by atoms with Crippen LogP contribution in [0.25, 0.3) is 0 Å². The van der Waals surface area contributed by atoms with Crippen LogP contribution >= 0.6 is 0 Å². The van der Waals surface area contributed by atoms with Gasteiger partial charge in [-0.3, -0.25) is 0 Å². The maximum absolute atomic E-state index is 11.1. The van der Waals surface area contributed by atoms with Gasteiger partial charge < -0.3 is 14.7 Å². The van der Waals surface area contributed by atoms with Gasteiger partial charge in [-0.05, 0) is 24.3 Å². The Labute approximate surface area is 80.8 Å². The fourth-order valence-corrected chi connectivity index (χ4v) is 1.46. The smallest absolute Gasteiger partial charge is 0.332 e. The molecule has 0 aliphatic rings. The van der Waals surface area contributed by atoms with Crippen molar-refractivity contribution in [1.29, 1.82) is 0 Å². The Morgan fingerprint density at radius 2 is 2.07 bits per heavy atom. The number of nitrogens with one attached hydrogen (secondary N) is 1. The highest BCUT2D eigenvalue weighted by Crippen LogP contribution is 2.16. The third-order valence-electron chi connectivity index (χ3n) is 2.08. The van der Waals surface area contributed by atoms with Crippen LogP contribution in [0.5, 0.6) is 0 Å². The minimum absolute atomic E-state index is 0.667. The largest absolute Gasteiger partial charge is 0.479 e. The first kappa shape index (κ1) is 8.62. The predicted molar refractivity (Wildman–Crippen MR) is 51.0 cm³/mol. The van der Waals surface area contributed by atoms with Crippen LogP contribution in [0, 0.1) is 0 Å². The van der Waals surface area contributed by atoms with Gasteiger partial charge in [-0.2, -0.15) is 0 Å². The summed E-state index contributed by atoms with van der Waals surface area (Å²) in [5.74, 6) is -0.872. The molecule has 0 aliphatic carbocycles. The summed E-state index contributed by atoms with van der Waals surface area (Å²) in [7, 11) is 0. The Bertz CT molecular complexity index is 369. The standard InChI is InChI=1S/C10H10N2O2/c13-10(14)9(8-4-3-5-11-8)12-6-1-2-7-12/h1-7,9,11H,(H,13,14)/t9-/m1/s1. The van der Waals surface area contributed by atoms with E-state index < -0.39 is 12.0 Å². The Morgan fingerprint density at radius 1 is 1.36 bits per heavy atom. The molecule has 4 nitrogen and oxygen atoms in total. The third kappa shape index (κ3) is 1.42. The number of H-pyrrole nitrogens is 1. The minimum atomic E-state index is -0.872. The first-order valence-electron chi connectivity index (χ1n) is 4.27. The molecule has 2 aromatic rings. The summed E-state index contributed by atoms with van der Waals surface area (Å²) < 4.78 is 1.65. The first-order chi connectivity index (χ1) is 6.79. The minimum Gasteiger partial charge on any atom is -0.479 e. The molecule has 0 saturated carbocycles. The van der Waals surface area contributed by atoms with Gasteiger partial charge in [0, 0.05) is 24.3 Å². The molecule has 2 rings (SSSR count). The van der Waals surface area contributed by atoms with E-state index in [2.05, 4.69) is 4.98 Å². The Hall–Kier alpha value is -1.97. The van der Waals surface area contributed by atoms with Gasteiger partial charge in [-0.15, -0.1) is 0 Å². The van der Waals surface area contributed by atoms with E-state index in [-0.39, 0.29) is 0 Å². The molecule has 0 bridgehead atoms. The topological polar surface area (TPSA) is 58.0 Å². The summed E-state index contributed by atoms with van der Waals surface area (Å²) in [5, 5.41) is 9.08. The van der Waals surface area contributed by atoms with Gasteiger partial charge in [0.2, 0.25) is 0 Å². The number of aromatic amines is 1. The molecule has 0 spiro atoms. The van der Waals surface area contributed by atoms with Gasteiger partial charge in [0.1, 0.15) is 0 Å². The summed E-state index contributed by atoms with van der Waals surface area (Å²) in [5.41, 5.74) is 0.675. The number of rotatable bonds is 3. The Morgan fingerprint density at radius 3 is 2.57 bits per heavy atom. The highest BCUT2D eigenvalue weighted by atomic mass is 16.4.